The van der Waals surface area contributed by atoms with Crippen molar-refractivity contribution >= 4 is 39.2 Å². The first-order chi connectivity index (χ1) is 13.6. The fourth-order valence-electron chi connectivity index (χ4n) is 2.99. The summed E-state index contributed by atoms with van der Waals surface area (Å²) in [6.07, 6.45) is 1.66. The van der Waals surface area contributed by atoms with Crippen LogP contribution >= 0.6 is 23.1 Å². The number of hydrogen-bond acceptors (Lipinski definition) is 9. The van der Waals surface area contributed by atoms with Crippen LogP contribution in [0, 0.1) is 0 Å². The average molecular weight is 421 g/mol. The van der Waals surface area contributed by atoms with E-state index in [2.05, 4.69) is 20.5 Å². The van der Waals surface area contributed by atoms with Crippen molar-refractivity contribution in [2.45, 2.75) is 24.1 Å². The first-order valence-electron chi connectivity index (χ1n) is 8.86. The Hall–Kier alpha value is -2.40. The lowest BCUT2D eigenvalue weighted by Crippen LogP contribution is -2.42. The molecule has 3 aromatic rings. The monoisotopic (exact) mass is 420 g/mol. The van der Waals surface area contributed by atoms with Gasteiger partial charge in [0.15, 0.2) is 0 Å². The molecule has 0 atom stereocenters. The zero-order valence-electron chi connectivity index (χ0n) is 15.6. The largest absolute Gasteiger partial charge is 0.497 e. The highest BCUT2D eigenvalue weighted by Crippen LogP contribution is 2.32. The van der Waals surface area contributed by atoms with E-state index in [1.54, 1.807) is 18.8 Å². The summed E-state index contributed by atoms with van der Waals surface area (Å²) in [6.45, 7) is 1.36. The molecular weight excluding hydrogens is 400 g/mol. The number of carbonyl (C=O) groups is 1. The number of amides is 1. The summed E-state index contributed by atoms with van der Waals surface area (Å²) in [5.74, 6) is 1.24. The lowest BCUT2D eigenvalue weighted by atomic mass is 10.1. The van der Waals surface area contributed by atoms with Crippen molar-refractivity contribution in [1.29, 1.82) is 0 Å². The summed E-state index contributed by atoms with van der Waals surface area (Å²) in [5, 5.41) is 12.5. The summed E-state index contributed by atoms with van der Waals surface area (Å²) in [6, 6.07) is 5.79. The normalized spacial score (nSPS) is 15.1. The smallest absolute Gasteiger partial charge is 0.274 e. The molecular formula is C17H20N6O3S2. The Labute approximate surface area is 170 Å². The van der Waals surface area contributed by atoms with Crippen molar-refractivity contribution in [1.82, 2.24) is 30.1 Å². The van der Waals surface area contributed by atoms with Gasteiger partial charge >= 0.3 is 0 Å². The number of piperidine rings is 1. The van der Waals surface area contributed by atoms with E-state index in [1.807, 2.05) is 23.1 Å². The molecule has 1 amide bonds. The molecule has 1 saturated heterocycles. The van der Waals surface area contributed by atoms with Gasteiger partial charge in [0, 0.05) is 33.0 Å². The number of carbonyl (C=O) groups excluding carboxylic acids is 1. The topological polar surface area (TPSA) is 95.3 Å². The summed E-state index contributed by atoms with van der Waals surface area (Å²) in [4.78, 5) is 18.8. The summed E-state index contributed by atoms with van der Waals surface area (Å²) < 4.78 is 13.9. The van der Waals surface area contributed by atoms with Gasteiger partial charge in [-0.15, -0.1) is 5.10 Å². The van der Waals surface area contributed by atoms with Crippen LogP contribution in [-0.4, -0.2) is 68.1 Å². The van der Waals surface area contributed by atoms with E-state index in [-0.39, 0.29) is 12.0 Å². The number of fused-ring (bicyclic) bond motifs is 1. The minimum atomic E-state index is 0.0714. The number of methoxy groups -OCH3 is 1. The highest BCUT2D eigenvalue weighted by atomic mass is 32.2. The predicted molar refractivity (Wildman–Crippen MR) is 106 cm³/mol. The molecule has 0 N–H and O–H groups in total. The van der Waals surface area contributed by atoms with Gasteiger partial charge in [0.1, 0.15) is 11.9 Å². The van der Waals surface area contributed by atoms with E-state index in [4.69, 9.17) is 9.47 Å². The number of benzene rings is 1. The molecule has 0 bridgehead atoms. The van der Waals surface area contributed by atoms with Crippen molar-refractivity contribution in [3.05, 3.63) is 18.2 Å². The molecule has 0 aliphatic carbocycles. The number of nitrogens with zero attached hydrogens (tertiary/aromatic N) is 6. The number of thioether (sulfide) groups is 1. The van der Waals surface area contributed by atoms with Gasteiger partial charge in [0.25, 0.3) is 5.19 Å². The number of ether oxygens (including phenoxy) is 2. The van der Waals surface area contributed by atoms with Crippen LogP contribution in [-0.2, 0) is 11.8 Å². The van der Waals surface area contributed by atoms with Gasteiger partial charge in [-0.3, -0.25) is 4.79 Å². The third-order valence-electron chi connectivity index (χ3n) is 4.54. The van der Waals surface area contributed by atoms with Crippen molar-refractivity contribution < 1.29 is 14.3 Å². The van der Waals surface area contributed by atoms with Crippen LogP contribution < -0.4 is 9.47 Å². The Morgan fingerprint density at radius 3 is 2.89 bits per heavy atom. The zero-order valence-corrected chi connectivity index (χ0v) is 17.2. The molecule has 1 fully saturated rings. The fraction of sp³-hybridized carbons (Fsp3) is 0.471. The number of rotatable bonds is 6. The molecule has 1 aliphatic heterocycles. The average Bonchev–Trinajstić information content (AvgIpc) is 3.31. The standard InChI is InChI=1S/C17H20N6O3S2/c1-22-16(19-20-21-22)27-10-15(24)23-7-5-11(6-8-23)26-17-18-13-4-3-12(25-2)9-14(13)28-17/h3-4,9,11H,5-8,10H2,1-2H3. The van der Waals surface area contributed by atoms with Gasteiger partial charge in [0.05, 0.1) is 23.1 Å². The summed E-state index contributed by atoms with van der Waals surface area (Å²) >= 11 is 2.87. The predicted octanol–water partition coefficient (Wildman–Crippen LogP) is 1.99. The number of thiazole rings is 1. The molecule has 148 valence electrons. The molecule has 0 radical (unpaired) electrons. The van der Waals surface area contributed by atoms with Crippen LogP contribution in [0.3, 0.4) is 0 Å². The second-order valence-corrected chi connectivity index (χ2v) is 8.32. The molecule has 0 spiro atoms. The maximum absolute atomic E-state index is 12.4. The van der Waals surface area contributed by atoms with Crippen LogP contribution in [0.25, 0.3) is 10.2 Å². The van der Waals surface area contributed by atoms with E-state index in [0.717, 1.165) is 28.8 Å². The first kappa shape index (κ1) is 18.9. The third kappa shape index (κ3) is 4.20. The Kier molecular flexibility index (Phi) is 5.62. The van der Waals surface area contributed by atoms with E-state index in [0.29, 0.717) is 29.2 Å². The second kappa shape index (κ2) is 8.31. The molecule has 2 aromatic heterocycles. The van der Waals surface area contributed by atoms with Gasteiger partial charge in [0.2, 0.25) is 11.1 Å². The van der Waals surface area contributed by atoms with Crippen molar-refractivity contribution in [3.63, 3.8) is 0 Å². The molecule has 0 saturated carbocycles. The molecule has 4 rings (SSSR count). The fourth-order valence-corrected chi connectivity index (χ4v) is 4.65. The molecule has 28 heavy (non-hydrogen) atoms. The van der Waals surface area contributed by atoms with Crippen molar-refractivity contribution in [2.75, 3.05) is 26.0 Å². The Morgan fingerprint density at radius 2 is 2.18 bits per heavy atom. The SMILES string of the molecule is COc1ccc2nc(OC3CCN(C(=O)CSc4nnnn4C)CC3)sc2c1. The number of hydrogen-bond donors (Lipinski definition) is 0. The Bertz CT molecular complexity index is 967. The number of tetrazole rings is 1. The zero-order chi connectivity index (χ0) is 19.5. The Morgan fingerprint density at radius 1 is 1.36 bits per heavy atom. The van der Waals surface area contributed by atoms with Crippen LogP contribution in [0.1, 0.15) is 12.8 Å². The molecule has 11 heteroatoms. The van der Waals surface area contributed by atoms with Crippen LogP contribution in [0.4, 0.5) is 0 Å². The molecule has 0 unspecified atom stereocenters. The van der Waals surface area contributed by atoms with Crippen LogP contribution in [0.5, 0.6) is 10.9 Å². The van der Waals surface area contributed by atoms with Gasteiger partial charge < -0.3 is 14.4 Å². The van der Waals surface area contributed by atoms with Crippen molar-refractivity contribution in [2.24, 2.45) is 7.05 Å². The van der Waals surface area contributed by atoms with E-state index in [9.17, 15) is 4.79 Å². The second-order valence-electron chi connectivity index (χ2n) is 6.39. The lowest BCUT2D eigenvalue weighted by Gasteiger charge is -2.31. The van der Waals surface area contributed by atoms with Crippen LogP contribution in [0.2, 0.25) is 0 Å². The number of aryl methyl sites for hydroxylation is 1. The third-order valence-corrected chi connectivity index (χ3v) is 6.45. The van der Waals surface area contributed by atoms with E-state index < -0.39 is 0 Å². The molecule has 1 aromatic carbocycles. The van der Waals surface area contributed by atoms with Crippen molar-refractivity contribution in [3.8, 4) is 10.9 Å². The van der Waals surface area contributed by atoms with Gasteiger partial charge in [-0.25, -0.2) is 9.67 Å². The van der Waals surface area contributed by atoms with Gasteiger partial charge in [-0.1, -0.05) is 23.1 Å². The van der Waals surface area contributed by atoms with E-state index >= 15 is 0 Å². The first-order valence-corrected chi connectivity index (χ1v) is 10.7. The maximum Gasteiger partial charge on any atom is 0.274 e. The van der Waals surface area contributed by atoms with Gasteiger partial charge in [-0.2, -0.15) is 0 Å². The maximum atomic E-state index is 12.4. The minimum absolute atomic E-state index is 0.0714. The number of likely N-dealkylation sites (tertiary alicyclic amines) is 1. The summed E-state index contributed by atoms with van der Waals surface area (Å²) in [7, 11) is 3.41. The van der Waals surface area contributed by atoms with Gasteiger partial charge in [-0.05, 0) is 28.6 Å². The number of aromatic nitrogens is 5. The molecule has 1 aliphatic rings. The Balaban J connectivity index is 1.28. The van der Waals surface area contributed by atoms with Crippen LogP contribution in [0.15, 0.2) is 23.4 Å². The highest BCUT2D eigenvalue weighted by molar-refractivity contribution is 7.99. The summed E-state index contributed by atoms with van der Waals surface area (Å²) in [5.41, 5.74) is 0.906. The molecule has 9 nitrogen and oxygen atoms in total. The lowest BCUT2D eigenvalue weighted by molar-refractivity contribution is -0.130. The van der Waals surface area contributed by atoms with E-state index in [1.165, 1.54) is 23.1 Å². The highest BCUT2D eigenvalue weighted by Gasteiger charge is 2.25. The molecule has 3 heterocycles. The minimum Gasteiger partial charge on any atom is -0.497 e. The quantitative estimate of drug-likeness (QED) is 0.559.